The van der Waals surface area contributed by atoms with Gasteiger partial charge in [0.25, 0.3) is 5.56 Å². The van der Waals surface area contributed by atoms with Crippen LogP contribution in [-0.2, 0) is 12.8 Å². The molecule has 0 saturated heterocycles. The normalized spacial score (nSPS) is 10.4. The Morgan fingerprint density at radius 3 is 2.57 bits per heavy atom. The first-order chi connectivity index (χ1) is 10.1. The van der Waals surface area contributed by atoms with Crippen molar-refractivity contribution in [3.8, 4) is 11.5 Å². The zero-order valence-corrected chi connectivity index (χ0v) is 13.1. The predicted octanol–water partition coefficient (Wildman–Crippen LogP) is 2.60. The topological polar surface area (TPSA) is 67.1 Å². The van der Waals surface area contributed by atoms with Crippen LogP contribution in [-0.4, -0.2) is 24.2 Å². The first kappa shape index (κ1) is 15.3. The van der Waals surface area contributed by atoms with Crippen molar-refractivity contribution in [1.29, 1.82) is 0 Å². The molecule has 2 N–H and O–H groups in total. The van der Waals surface area contributed by atoms with Gasteiger partial charge in [-0.25, -0.2) is 0 Å². The van der Waals surface area contributed by atoms with Gasteiger partial charge in [0.05, 0.1) is 14.2 Å². The van der Waals surface area contributed by atoms with Gasteiger partial charge in [-0.3, -0.25) is 9.78 Å². The Labute approximate surface area is 127 Å². The van der Waals surface area contributed by atoms with Crippen molar-refractivity contribution in [2.45, 2.75) is 19.8 Å². The minimum Gasteiger partial charge on any atom is -0.493 e. The molecule has 5 nitrogen and oxygen atoms in total. The van der Waals surface area contributed by atoms with Crippen LogP contribution in [0.3, 0.4) is 0 Å². The average Bonchev–Trinajstić information content (AvgIpc) is 2.49. The fourth-order valence-electron chi connectivity index (χ4n) is 2.33. The fourth-order valence-corrected chi connectivity index (χ4v) is 2.55. The Morgan fingerprint density at radius 1 is 1.19 bits per heavy atom. The van der Waals surface area contributed by atoms with E-state index in [1.54, 1.807) is 14.2 Å². The van der Waals surface area contributed by atoms with E-state index in [0.29, 0.717) is 34.7 Å². The lowest BCUT2D eigenvalue weighted by Gasteiger charge is -2.13. The summed E-state index contributed by atoms with van der Waals surface area (Å²) in [5, 5.41) is 0. The predicted molar refractivity (Wildman–Crippen MR) is 84.0 cm³/mol. The molecule has 1 aromatic heterocycles. The molecule has 0 aliphatic rings. The Hall–Kier alpha value is -2.08. The minimum absolute atomic E-state index is 0.166. The Kier molecular flexibility index (Phi) is 4.80. The van der Waals surface area contributed by atoms with Crippen molar-refractivity contribution < 1.29 is 9.47 Å². The van der Waals surface area contributed by atoms with Gasteiger partial charge in [-0.15, -0.1) is 0 Å². The molecule has 0 radical (unpaired) electrons. The molecule has 0 unspecified atom stereocenters. The highest BCUT2D eigenvalue weighted by Crippen LogP contribution is 2.31. The molecule has 2 aromatic rings. The van der Waals surface area contributed by atoms with Gasteiger partial charge in [-0.2, -0.15) is 0 Å². The van der Waals surface area contributed by atoms with Crippen LogP contribution in [0.2, 0.25) is 0 Å². The largest absolute Gasteiger partial charge is 0.493 e. The van der Waals surface area contributed by atoms with E-state index in [-0.39, 0.29) is 5.56 Å². The van der Waals surface area contributed by atoms with Gasteiger partial charge in [0.2, 0.25) is 0 Å². The number of aryl methyl sites for hydroxylation is 1. The number of rotatable bonds is 5. The number of hydrogen-bond acceptors (Lipinski definition) is 4. The monoisotopic (exact) mass is 306 g/mol. The Morgan fingerprint density at radius 2 is 1.95 bits per heavy atom. The molecule has 0 atom stereocenters. The van der Waals surface area contributed by atoms with E-state index < -0.39 is 0 Å². The summed E-state index contributed by atoms with van der Waals surface area (Å²) in [6.45, 7) is 1.98. The van der Waals surface area contributed by atoms with Crippen molar-refractivity contribution in [2.75, 3.05) is 14.2 Å². The lowest BCUT2D eigenvalue weighted by atomic mass is 10.0. The summed E-state index contributed by atoms with van der Waals surface area (Å²) in [7, 11) is 3.18. The molecule has 0 aliphatic heterocycles. The van der Waals surface area contributed by atoms with Crippen molar-refractivity contribution >= 4 is 12.2 Å². The molecular formula is C15H18N2O3S. The zero-order chi connectivity index (χ0) is 15.4. The van der Waals surface area contributed by atoms with Gasteiger partial charge in [-0.05, 0) is 24.7 Å². The molecule has 6 heteroatoms. The molecule has 1 aromatic carbocycles. The number of aromatic nitrogens is 2. The molecule has 0 spiro atoms. The molecular weight excluding hydrogens is 288 g/mol. The molecule has 2 rings (SSSR count). The third-order valence-corrected chi connectivity index (χ3v) is 3.54. The second-order valence-electron chi connectivity index (χ2n) is 4.55. The summed E-state index contributed by atoms with van der Waals surface area (Å²) in [6, 6.07) is 5.62. The van der Waals surface area contributed by atoms with Crippen molar-refractivity contribution in [1.82, 2.24) is 9.97 Å². The van der Waals surface area contributed by atoms with Crippen LogP contribution in [0, 0.1) is 4.77 Å². The molecule has 0 bridgehead atoms. The standard InChI is InChI=1S/C15H18N2O3S/c1-4-11-10(14(18)17-15(21)16-11)8-9-6-5-7-12(19-2)13(9)20-3/h5-7H,4,8H2,1-3H3,(H2,16,17,18,21). The van der Waals surface area contributed by atoms with Gasteiger partial charge < -0.3 is 14.5 Å². The van der Waals surface area contributed by atoms with Crippen LogP contribution in [0.4, 0.5) is 0 Å². The number of methoxy groups -OCH3 is 2. The van der Waals surface area contributed by atoms with E-state index in [1.165, 1.54) is 0 Å². The van der Waals surface area contributed by atoms with E-state index in [9.17, 15) is 4.79 Å². The highest BCUT2D eigenvalue weighted by Gasteiger charge is 2.14. The number of para-hydroxylation sites is 1. The van der Waals surface area contributed by atoms with E-state index in [1.807, 2.05) is 25.1 Å². The average molecular weight is 306 g/mol. The van der Waals surface area contributed by atoms with Crippen molar-refractivity contribution in [3.63, 3.8) is 0 Å². The second kappa shape index (κ2) is 6.58. The molecule has 112 valence electrons. The van der Waals surface area contributed by atoms with Crippen LogP contribution in [0.25, 0.3) is 0 Å². The Balaban J connectivity index is 2.53. The molecule has 1 heterocycles. The second-order valence-corrected chi connectivity index (χ2v) is 4.96. The van der Waals surface area contributed by atoms with Crippen LogP contribution in [0.15, 0.2) is 23.0 Å². The maximum atomic E-state index is 12.2. The van der Waals surface area contributed by atoms with Gasteiger partial charge in [-0.1, -0.05) is 19.1 Å². The SMILES string of the molecule is CCc1[nH]c(=S)[nH]c(=O)c1Cc1cccc(OC)c1OC. The van der Waals surface area contributed by atoms with Gasteiger partial charge in [0.1, 0.15) is 0 Å². The van der Waals surface area contributed by atoms with Gasteiger partial charge in [0.15, 0.2) is 16.3 Å². The van der Waals surface area contributed by atoms with Crippen LogP contribution < -0.4 is 15.0 Å². The van der Waals surface area contributed by atoms with E-state index in [2.05, 4.69) is 9.97 Å². The molecule has 21 heavy (non-hydrogen) atoms. The smallest absolute Gasteiger partial charge is 0.255 e. The molecule has 0 amide bonds. The minimum atomic E-state index is -0.166. The summed E-state index contributed by atoms with van der Waals surface area (Å²) in [6.07, 6.45) is 1.15. The zero-order valence-electron chi connectivity index (χ0n) is 12.3. The molecule has 0 aliphatic carbocycles. The summed E-state index contributed by atoms with van der Waals surface area (Å²) >= 11 is 5.01. The lowest BCUT2D eigenvalue weighted by molar-refractivity contribution is 0.352. The summed E-state index contributed by atoms with van der Waals surface area (Å²) in [5.41, 5.74) is 2.23. The number of H-pyrrole nitrogens is 2. The van der Waals surface area contributed by atoms with Crippen molar-refractivity contribution in [3.05, 3.63) is 50.1 Å². The highest BCUT2D eigenvalue weighted by atomic mass is 32.1. The van der Waals surface area contributed by atoms with E-state index in [0.717, 1.165) is 11.3 Å². The lowest BCUT2D eigenvalue weighted by Crippen LogP contribution is -2.18. The van der Waals surface area contributed by atoms with Crippen LogP contribution in [0.1, 0.15) is 23.7 Å². The van der Waals surface area contributed by atoms with Gasteiger partial charge >= 0.3 is 0 Å². The first-order valence-corrected chi connectivity index (χ1v) is 7.05. The summed E-state index contributed by atoms with van der Waals surface area (Å²) in [5.74, 6) is 1.29. The van der Waals surface area contributed by atoms with Crippen molar-refractivity contribution in [2.24, 2.45) is 0 Å². The van der Waals surface area contributed by atoms with Crippen LogP contribution >= 0.6 is 12.2 Å². The van der Waals surface area contributed by atoms with Crippen LogP contribution in [0.5, 0.6) is 11.5 Å². The third-order valence-electron chi connectivity index (χ3n) is 3.34. The number of aromatic amines is 2. The Bertz CT molecular complexity index is 749. The number of benzene rings is 1. The van der Waals surface area contributed by atoms with E-state index in [4.69, 9.17) is 21.7 Å². The number of ether oxygens (including phenoxy) is 2. The fraction of sp³-hybridized carbons (Fsp3) is 0.333. The third kappa shape index (κ3) is 3.16. The maximum absolute atomic E-state index is 12.2. The highest BCUT2D eigenvalue weighted by molar-refractivity contribution is 7.71. The molecule has 0 fully saturated rings. The summed E-state index contributed by atoms with van der Waals surface area (Å²) in [4.78, 5) is 17.8. The van der Waals surface area contributed by atoms with E-state index >= 15 is 0 Å². The summed E-state index contributed by atoms with van der Waals surface area (Å²) < 4.78 is 11.0. The molecule has 0 saturated carbocycles. The first-order valence-electron chi connectivity index (χ1n) is 6.64. The maximum Gasteiger partial charge on any atom is 0.255 e. The van der Waals surface area contributed by atoms with Gasteiger partial charge in [0, 0.05) is 23.2 Å². The number of hydrogen-bond donors (Lipinski definition) is 2. The number of nitrogens with one attached hydrogen (secondary N) is 2. The quantitative estimate of drug-likeness (QED) is 0.833.